The van der Waals surface area contributed by atoms with Gasteiger partial charge in [-0.1, -0.05) is 0 Å². The lowest BCUT2D eigenvalue weighted by molar-refractivity contribution is -0.121. The second kappa shape index (κ2) is 6.82. The van der Waals surface area contributed by atoms with Gasteiger partial charge >= 0.3 is 0 Å². The Labute approximate surface area is 110 Å². The van der Waals surface area contributed by atoms with Crippen LogP contribution in [0.5, 0.6) is 0 Å². The lowest BCUT2D eigenvalue weighted by Crippen LogP contribution is -2.52. The first kappa shape index (κ1) is 14.2. The molecule has 18 heavy (non-hydrogen) atoms. The molecule has 106 valence electrons. The third-order valence-electron chi connectivity index (χ3n) is 3.37. The Morgan fingerprint density at radius 2 is 2.11 bits per heavy atom. The second-order valence-electron chi connectivity index (χ2n) is 5.66. The van der Waals surface area contributed by atoms with Gasteiger partial charge in [-0.2, -0.15) is 0 Å². The lowest BCUT2D eigenvalue weighted by atomic mass is 10.1. The Morgan fingerprint density at radius 3 is 2.83 bits per heavy atom. The Bertz CT molecular complexity index is 242. The molecule has 0 aromatic rings. The summed E-state index contributed by atoms with van der Waals surface area (Å²) in [6, 6.07) is 0. The van der Waals surface area contributed by atoms with Gasteiger partial charge in [0, 0.05) is 32.7 Å². The molecule has 5 heteroatoms. The van der Waals surface area contributed by atoms with Crippen LogP contribution in [0.25, 0.3) is 0 Å². The number of rotatable bonds is 5. The molecule has 2 heterocycles. The molecule has 2 aliphatic heterocycles. The van der Waals surface area contributed by atoms with Crippen LogP contribution in [0.1, 0.15) is 13.8 Å². The van der Waals surface area contributed by atoms with Gasteiger partial charge in [-0.05, 0) is 13.8 Å². The first-order chi connectivity index (χ1) is 8.66. The summed E-state index contributed by atoms with van der Waals surface area (Å²) < 4.78 is 17.0. The van der Waals surface area contributed by atoms with Crippen molar-refractivity contribution in [2.45, 2.75) is 25.6 Å². The molecule has 0 bridgehead atoms. The molecule has 0 aliphatic carbocycles. The minimum Gasteiger partial charge on any atom is -0.379 e. The summed E-state index contributed by atoms with van der Waals surface area (Å²) in [5, 5.41) is 3.38. The quantitative estimate of drug-likeness (QED) is 0.709. The fourth-order valence-corrected chi connectivity index (χ4v) is 2.39. The standard InChI is InChI=1S/C13H26N2O3/c1-13(2)11-14-9-12(18-13)10-17-8-5-15-3-6-16-7-4-15/h12,14H,3-11H2,1-2H3. The SMILES string of the molecule is CC1(C)CNCC(COCCN2CCOCC2)O1. The summed E-state index contributed by atoms with van der Waals surface area (Å²) in [7, 11) is 0. The summed E-state index contributed by atoms with van der Waals surface area (Å²) in [6.45, 7) is 12.2. The molecule has 1 atom stereocenters. The van der Waals surface area contributed by atoms with Crippen LogP contribution in [0, 0.1) is 0 Å². The normalized spacial score (nSPS) is 29.3. The fourth-order valence-electron chi connectivity index (χ4n) is 2.39. The Morgan fingerprint density at radius 1 is 1.33 bits per heavy atom. The Kier molecular flexibility index (Phi) is 5.38. The van der Waals surface area contributed by atoms with Gasteiger partial charge in [0.1, 0.15) is 0 Å². The predicted octanol–water partition coefficient (Wildman–Crippen LogP) is 0.102. The van der Waals surface area contributed by atoms with Crippen LogP contribution in [0.2, 0.25) is 0 Å². The van der Waals surface area contributed by atoms with Crippen molar-refractivity contribution in [2.24, 2.45) is 0 Å². The van der Waals surface area contributed by atoms with Crippen molar-refractivity contribution in [1.29, 1.82) is 0 Å². The molecule has 0 amide bonds. The maximum absolute atomic E-state index is 5.94. The lowest BCUT2D eigenvalue weighted by Gasteiger charge is -2.36. The minimum absolute atomic E-state index is 0.0729. The van der Waals surface area contributed by atoms with Crippen molar-refractivity contribution < 1.29 is 14.2 Å². The molecule has 1 N–H and O–H groups in total. The van der Waals surface area contributed by atoms with E-state index in [0.717, 1.165) is 52.5 Å². The zero-order chi connectivity index (χ0) is 12.8. The van der Waals surface area contributed by atoms with Gasteiger partial charge in [0.15, 0.2) is 0 Å². The molecule has 0 aromatic carbocycles. The number of hydrogen-bond donors (Lipinski definition) is 1. The zero-order valence-corrected chi connectivity index (χ0v) is 11.6. The van der Waals surface area contributed by atoms with Crippen molar-refractivity contribution in [1.82, 2.24) is 10.2 Å². The van der Waals surface area contributed by atoms with E-state index in [1.807, 2.05) is 0 Å². The average Bonchev–Trinajstić information content (AvgIpc) is 2.35. The molecule has 0 saturated carbocycles. The van der Waals surface area contributed by atoms with E-state index in [9.17, 15) is 0 Å². The van der Waals surface area contributed by atoms with Gasteiger partial charge in [0.2, 0.25) is 0 Å². The van der Waals surface area contributed by atoms with Gasteiger partial charge in [-0.3, -0.25) is 4.90 Å². The molecular weight excluding hydrogens is 232 g/mol. The number of morpholine rings is 2. The van der Waals surface area contributed by atoms with E-state index in [4.69, 9.17) is 14.2 Å². The van der Waals surface area contributed by atoms with E-state index in [0.29, 0.717) is 6.61 Å². The van der Waals surface area contributed by atoms with Gasteiger partial charge in [-0.25, -0.2) is 0 Å². The number of hydrogen-bond acceptors (Lipinski definition) is 5. The molecule has 2 aliphatic rings. The van der Waals surface area contributed by atoms with Gasteiger partial charge in [0.05, 0.1) is 38.1 Å². The van der Waals surface area contributed by atoms with E-state index in [-0.39, 0.29) is 11.7 Å². The van der Waals surface area contributed by atoms with E-state index in [1.165, 1.54) is 0 Å². The molecule has 2 rings (SSSR count). The Hall–Kier alpha value is -0.200. The zero-order valence-electron chi connectivity index (χ0n) is 11.6. The molecule has 0 aromatic heterocycles. The van der Waals surface area contributed by atoms with E-state index < -0.39 is 0 Å². The Balaban J connectivity index is 1.54. The van der Waals surface area contributed by atoms with E-state index >= 15 is 0 Å². The minimum atomic E-state index is -0.0729. The van der Waals surface area contributed by atoms with Gasteiger partial charge in [-0.15, -0.1) is 0 Å². The smallest absolute Gasteiger partial charge is 0.0940 e. The molecule has 2 saturated heterocycles. The number of nitrogens with zero attached hydrogens (tertiary/aromatic N) is 1. The van der Waals surface area contributed by atoms with Crippen LogP contribution in [-0.2, 0) is 14.2 Å². The number of ether oxygens (including phenoxy) is 3. The largest absolute Gasteiger partial charge is 0.379 e. The summed E-state index contributed by atoms with van der Waals surface area (Å²) in [5.74, 6) is 0. The van der Waals surface area contributed by atoms with Crippen molar-refractivity contribution >= 4 is 0 Å². The summed E-state index contributed by atoms with van der Waals surface area (Å²) >= 11 is 0. The molecular formula is C13H26N2O3. The van der Waals surface area contributed by atoms with Crippen LogP contribution in [0.15, 0.2) is 0 Å². The molecule has 0 radical (unpaired) electrons. The molecule has 0 spiro atoms. The maximum Gasteiger partial charge on any atom is 0.0940 e. The monoisotopic (exact) mass is 258 g/mol. The third kappa shape index (κ3) is 4.82. The first-order valence-electron chi connectivity index (χ1n) is 6.92. The van der Waals surface area contributed by atoms with Crippen molar-refractivity contribution in [3.8, 4) is 0 Å². The highest BCUT2D eigenvalue weighted by atomic mass is 16.5. The van der Waals surface area contributed by atoms with Crippen LogP contribution >= 0.6 is 0 Å². The number of nitrogens with one attached hydrogen (secondary N) is 1. The van der Waals surface area contributed by atoms with Crippen molar-refractivity contribution in [3.63, 3.8) is 0 Å². The molecule has 2 fully saturated rings. The topological polar surface area (TPSA) is 43.0 Å². The van der Waals surface area contributed by atoms with Crippen molar-refractivity contribution in [2.75, 3.05) is 59.2 Å². The average molecular weight is 258 g/mol. The predicted molar refractivity (Wildman–Crippen MR) is 69.9 cm³/mol. The highest BCUT2D eigenvalue weighted by Gasteiger charge is 2.28. The summed E-state index contributed by atoms with van der Waals surface area (Å²) in [6.07, 6.45) is 0.179. The molecule has 1 unspecified atom stereocenters. The highest BCUT2D eigenvalue weighted by Crippen LogP contribution is 2.15. The van der Waals surface area contributed by atoms with Crippen LogP contribution in [0.4, 0.5) is 0 Å². The highest BCUT2D eigenvalue weighted by molar-refractivity contribution is 4.81. The van der Waals surface area contributed by atoms with Crippen LogP contribution in [-0.4, -0.2) is 75.8 Å². The molecule has 5 nitrogen and oxygen atoms in total. The first-order valence-corrected chi connectivity index (χ1v) is 6.92. The third-order valence-corrected chi connectivity index (χ3v) is 3.37. The van der Waals surface area contributed by atoms with E-state index in [2.05, 4.69) is 24.1 Å². The van der Waals surface area contributed by atoms with Crippen molar-refractivity contribution in [3.05, 3.63) is 0 Å². The van der Waals surface area contributed by atoms with E-state index in [1.54, 1.807) is 0 Å². The fraction of sp³-hybridized carbons (Fsp3) is 1.00. The van der Waals surface area contributed by atoms with Crippen LogP contribution < -0.4 is 5.32 Å². The van der Waals surface area contributed by atoms with Gasteiger partial charge < -0.3 is 19.5 Å². The summed E-state index contributed by atoms with van der Waals surface area (Å²) in [4.78, 5) is 2.38. The van der Waals surface area contributed by atoms with Crippen LogP contribution in [0.3, 0.4) is 0 Å². The second-order valence-corrected chi connectivity index (χ2v) is 5.66. The van der Waals surface area contributed by atoms with Gasteiger partial charge in [0.25, 0.3) is 0 Å². The summed E-state index contributed by atoms with van der Waals surface area (Å²) in [5.41, 5.74) is -0.0729. The maximum atomic E-state index is 5.94.